The number of hydrogen-bond donors (Lipinski definition) is 0. The Hall–Kier alpha value is -1.41. The monoisotopic (exact) mass is 285 g/mol. The molecule has 0 saturated carbocycles. The summed E-state index contributed by atoms with van der Waals surface area (Å²) in [4.78, 5) is 14.8. The second-order valence-corrected chi connectivity index (χ2v) is 6.38. The van der Waals surface area contributed by atoms with Gasteiger partial charge >= 0.3 is 0 Å². The van der Waals surface area contributed by atoms with Gasteiger partial charge < -0.3 is 0 Å². The maximum atomic E-state index is 12.4. The predicted octanol–water partition coefficient (Wildman–Crippen LogP) is 4.07. The molecule has 1 aromatic rings. The number of piperidine rings is 1. The smallest absolute Gasteiger partial charge is 0.163 e. The van der Waals surface area contributed by atoms with Gasteiger partial charge in [0.1, 0.15) is 0 Å². The van der Waals surface area contributed by atoms with Gasteiger partial charge in [0.2, 0.25) is 0 Å². The Bertz CT molecular complexity index is 492. The van der Waals surface area contributed by atoms with Crippen LogP contribution in [0.3, 0.4) is 0 Å². The zero-order valence-corrected chi connectivity index (χ0v) is 13.5. The number of ketones is 1. The van der Waals surface area contributed by atoms with Crippen LogP contribution < -0.4 is 0 Å². The number of benzene rings is 1. The fourth-order valence-corrected chi connectivity index (χ4v) is 3.15. The van der Waals surface area contributed by atoms with E-state index in [0.29, 0.717) is 11.7 Å². The highest BCUT2D eigenvalue weighted by Gasteiger charge is 2.28. The highest BCUT2D eigenvalue weighted by molar-refractivity contribution is 5.98. The van der Waals surface area contributed by atoms with Crippen molar-refractivity contribution >= 4 is 5.78 Å². The molecule has 2 heteroatoms. The second kappa shape index (κ2) is 7.56. The zero-order valence-electron chi connectivity index (χ0n) is 13.5. The topological polar surface area (TPSA) is 20.3 Å². The predicted molar refractivity (Wildman–Crippen MR) is 88.0 cm³/mol. The van der Waals surface area contributed by atoms with Crippen molar-refractivity contribution < 1.29 is 4.79 Å². The average molecular weight is 285 g/mol. The van der Waals surface area contributed by atoms with Crippen LogP contribution in [-0.4, -0.2) is 23.8 Å². The van der Waals surface area contributed by atoms with Crippen molar-refractivity contribution in [2.24, 2.45) is 11.8 Å². The van der Waals surface area contributed by atoms with Crippen molar-refractivity contribution in [2.45, 2.75) is 40.2 Å². The third-order valence-corrected chi connectivity index (χ3v) is 4.17. The van der Waals surface area contributed by atoms with E-state index in [-0.39, 0.29) is 5.92 Å². The first-order chi connectivity index (χ1) is 10.1. The normalized spacial score (nSPS) is 23.5. The molecule has 0 spiro atoms. The Morgan fingerprint density at radius 1 is 1.33 bits per heavy atom. The average Bonchev–Trinajstić information content (AvgIpc) is 2.45. The van der Waals surface area contributed by atoms with E-state index in [1.54, 1.807) is 0 Å². The SMILES string of the molecule is CCCC(C)/C=C1/CN(Cc2ccccc2)CC(C)C1=O. The summed E-state index contributed by atoms with van der Waals surface area (Å²) in [6, 6.07) is 10.5. The molecule has 1 saturated heterocycles. The van der Waals surface area contributed by atoms with Gasteiger partial charge in [0.05, 0.1) is 0 Å². The Morgan fingerprint density at radius 3 is 2.71 bits per heavy atom. The third kappa shape index (κ3) is 4.53. The first-order valence-electron chi connectivity index (χ1n) is 8.11. The van der Waals surface area contributed by atoms with Gasteiger partial charge in [0, 0.05) is 31.1 Å². The summed E-state index contributed by atoms with van der Waals surface area (Å²) in [6.45, 7) is 9.06. The van der Waals surface area contributed by atoms with Crippen LogP contribution in [-0.2, 0) is 11.3 Å². The number of carbonyl (C=O) groups is 1. The van der Waals surface area contributed by atoms with Gasteiger partial charge in [-0.1, -0.05) is 63.6 Å². The maximum Gasteiger partial charge on any atom is 0.163 e. The van der Waals surface area contributed by atoms with Gasteiger partial charge in [-0.3, -0.25) is 9.69 Å². The molecule has 114 valence electrons. The summed E-state index contributed by atoms with van der Waals surface area (Å²) in [5, 5.41) is 0. The van der Waals surface area contributed by atoms with Crippen LogP contribution in [0.1, 0.15) is 39.2 Å². The molecule has 1 aromatic carbocycles. The van der Waals surface area contributed by atoms with Gasteiger partial charge in [0.25, 0.3) is 0 Å². The third-order valence-electron chi connectivity index (χ3n) is 4.17. The lowest BCUT2D eigenvalue weighted by Crippen LogP contribution is -2.41. The van der Waals surface area contributed by atoms with E-state index in [4.69, 9.17) is 0 Å². The number of nitrogens with zero attached hydrogens (tertiary/aromatic N) is 1. The van der Waals surface area contributed by atoms with Gasteiger partial charge in [0.15, 0.2) is 5.78 Å². The van der Waals surface area contributed by atoms with E-state index < -0.39 is 0 Å². The van der Waals surface area contributed by atoms with Crippen LogP contribution >= 0.6 is 0 Å². The van der Waals surface area contributed by atoms with Gasteiger partial charge in [-0.15, -0.1) is 0 Å². The van der Waals surface area contributed by atoms with Crippen molar-refractivity contribution in [3.63, 3.8) is 0 Å². The Kier molecular flexibility index (Phi) is 5.75. The minimum absolute atomic E-state index is 0.113. The molecule has 0 amide bonds. The number of likely N-dealkylation sites (tertiary alicyclic amines) is 1. The molecule has 2 unspecified atom stereocenters. The first kappa shape index (κ1) is 16.0. The highest BCUT2D eigenvalue weighted by atomic mass is 16.1. The molecule has 0 bridgehead atoms. The lowest BCUT2D eigenvalue weighted by molar-refractivity contribution is -0.121. The van der Waals surface area contributed by atoms with Crippen molar-refractivity contribution in [1.82, 2.24) is 4.90 Å². The molecular weight excluding hydrogens is 258 g/mol. The van der Waals surface area contributed by atoms with Crippen molar-refractivity contribution in [3.05, 3.63) is 47.5 Å². The number of carbonyl (C=O) groups excluding carboxylic acids is 1. The maximum absolute atomic E-state index is 12.4. The summed E-state index contributed by atoms with van der Waals surface area (Å²) in [5.41, 5.74) is 2.34. The van der Waals surface area contributed by atoms with Crippen molar-refractivity contribution in [3.8, 4) is 0 Å². The quantitative estimate of drug-likeness (QED) is 0.760. The number of allylic oxidation sites excluding steroid dienone is 1. The zero-order chi connectivity index (χ0) is 15.2. The minimum atomic E-state index is 0.113. The van der Waals surface area contributed by atoms with Crippen LogP contribution in [0.5, 0.6) is 0 Å². The first-order valence-corrected chi connectivity index (χ1v) is 8.11. The van der Waals surface area contributed by atoms with Crippen molar-refractivity contribution in [1.29, 1.82) is 0 Å². The molecular formula is C19H27NO. The largest absolute Gasteiger partial charge is 0.294 e. The van der Waals surface area contributed by atoms with Gasteiger partial charge in [-0.05, 0) is 17.9 Å². The fourth-order valence-electron chi connectivity index (χ4n) is 3.15. The van der Waals surface area contributed by atoms with Crippen molar-refractivity contribution in [2.75, 3.05) is 13.1 Å². The van der Waals surface area contributed by atoms with Gasteiger partial charge in [-0.2, -0.15) is 0 Å². The molecule has 2 atom stereocenters. The van der Waals surface area contributed by atoms with E-state index >= 15 is 0 Å². The minimum Gasteiger partial charge on any atom is -0.294 e. The molecule has 1 fully saturated rings. The molecule has 1 aliphatic rings. The van der Waals surface area contributed by atoms with E-state index in [0.717, 1.165) is 31.6 Å². The van der Waals surface area contributed by atoms with E-state index in [1.807, 2.05) is 6.07 Å². The molecule has 1 heterocycles. The lowest BCUT2D eigenvalue weighted by atomic mass is 9.90. The van der Waals surface area contributed by atoms with Crippen LogP contribution in [0.2, 0.25) is 0 Å². The molecule has 0 N–H and O–H groups in total. The van der Waals surface area contributed by atoms with Crippen LogP contribution in [0.25, 0.3) is 0 Å². The molecule has 2 rings (SSSR count). The summed E-state index contributed by atoms with van der Waals surface area (Å²) < 4.78 is 0. The van der Waals surface area contributed by atoms with Crippen LogP contribution in [0.15, 0.2) is 42.0 Å². The Labute approximate surface area is 128 Å². The molecule has 21 heavy (non-hydrogen) atoms. The van der Waals surface area contributed by atoms with E-state index in [2.05, 4.69) is 56.0 Å². The van der Waals surface area contributed by atoms with E-state index in [1.165, 1.54) is 12.0 Å². The molecule has 0 aromatic heterocycles. The lowest BCUT2D eigenvalue weighted by Gasteiger charge is -2.32. The summed E-state index contributed by atoms with van der Waals surface area (Å²) in [5.74, 6) is 0.961. The Balaban J connectivity index is 2.07. The highest BCUT2D eigenvalue weighted by Crippen LogP contribution is 2.22. The molecule has 0 aliphatic carbocycles. The summed E-state index contributed by atoms with van der Waals surface area (Å²) in [6.07, 6.45) is 4.53. The molecule has 2 nitrogen and oxygen atoms in total. The van der Waals surface area contributed by atoms with E-state index in [9.17, 15) is 4.79 Å². The second-order valence-electron chi connectivity index (χ2n) is 6.38. The molecule has 1 aliphatic heterocycles. The number of rotatable bonds is 5. The fraction of sp³-hybridized carbons (Fsp3) is 0.526. The summed E-state index contributed by atoms with van der Waals surface area (Å²) >= 11 is 0. The number of Topliss-reactive ketones (excluding diaryl/α,β-unsaturated/α-hetero) is 1. The summed E-state index contributed by atoms with van der Waals surface area (Å²) in [7, 11) is 0. The van der Waals surface area contributed by atoms with Gasteiger partial charge in [-0.25, -0.2) is 0 Å². The van der Waals surface area contributed by atoms with Crippen LogP contribution in [0, 0.1) is 11.8 Å². The molecule has 0 radical (unpaired) electrons. The number of hydrogen-bond acceptors (Lipinski definition) is 2. The van der Waals surface area contributed by atoms with Crippen LogP contribution in [0.4, 0.5) is 0 Å². The standard InChI is InChI=1S/C19H27NO/c1-4-8-15(2)11-18-14-20(12-16(3)19(18)21)13-17-9-6-5-7-10-17/h5-7,9-11,15-16H,4,8,12-14H2,1-3H3/b18-11-. The Morgan fingerprint density at radius 2 is 2.05 bits per heavy atom.